The second-order valence-electron chi connectivity index (χ2n) is 16.0. The Kier molecular flexibility index (Phi) is 7.57. The Morgan fingerprint density at radius 2 is 0.871 bits per heavy atom. The molecule has 62 heavy (non-hydrogen) atoms. The Hall–Kier alpha value is -8.34. The molecular formula is C58H36N2O2. The Morgan fingerprint density at radius 1 is 0.339 bits per heavy atom. The van der Waals surface area contributed by atoms with E-state index in [1.165, 1.54) is 16.2 Å². The molecule has 4 nitrogen and oxygen atoms in total. The average Bonchev–Trinajstić information content (AvgIpc) is 4.02. The molecular weight excluding hydrogens is 757 g/mol. The maximum Gasteiger partial charge on any atom is 0.145 e. The van der Waals surface area contributed by atoms with Gasteiger partial charge >= 0.3 is 0 Å². The van der Waals surface area contributed by atoms with Gasteiger partial charge in [0.25, 0.3) is 0 Å². The molecule has 0 radical (unpaired) electrons. The Balaban J connectivity index is 1.10. The van der Waals surface area contributed by atoms with Crippen LogP contribution >= 0.6 is 0 Å². The van der Waals surface area contributed by atoms with Crippen LogP contribution in [0.1, 0.15) is 0 Å². The van der Waals surface area contributed by atoms with Gasteiger partial charge in [0.05, 0.1) is 33.7 Å². The summed E-state index contributed by atoms with van der Waals surface area (Å²) >= 11 is 0. The van der Waals surface area contributed by atoms with Crippen LogP contribution in [0.3, 0.4) is 0 Å². The molecule has 0 fully saturated rings. The molecule has 0 atom stereocenters. The lowest BCUT2D eigenvalue weighted by Crippen LogP contribution is -2.12. The third kappa shape index (κ3) is 5.14. The van der Waals surface area contributed by atoms with E-state index in [2.05, 4.69) is 210 Å². The van der Waals surface area contributed by atoms with Crippen molar-refractivity contribution >= 4 is 93.5 Å². The van der Waals surface area contributed by atoms with E-state index in [1.807, 2.05) is 18.2 Å². The number of hydrogen-bond donors (Lipinski definition) is 0. The van der Waals surface area contributed by atoms with Crippen molar-refractivity contribution in [3.8, 4) is 27.9 Å². The topological polar surface area (TPSA) is 34.5 Å². The summed E-state index contributed by atoms with van der Waals surface area (Å²) in [5, 5.41) is 9.15. The first kappa shape index (κ1) is 34.5. The van der Waals surface area contributed by atoms with Crippen LogP contribution in [0.25, 0.3) is 104 Å². The van der Waals surface area contributed by atoms with E-state index >= 15 is 0 Å². The summed E-state index contributed by atoms with van der Waals surface area (Å²) in [6.45, 7) is 0. The van der Waals surface area contributed by atoms with Gasteiger partial charge in [0.2, 0.25) is 0 Å². The third-order valence-corrected chi connectivity index (χ3v) is 12.6. The van der Waals surface area contributed by atoms with Crippen LogP contribution in [0.5, 0.6) is 0 Å². The molecule has 0 unspecified atom stereocenters. The minimum atomic E-state index is 0.843. The minimum Gasteiger partial charge on any atom is -0.455 e. The molecule has 0 aliphatic heterocycles. The smallest absolute Gasteiger partial charge is 0.145 e. The predicted molar refractivity (Wildman–Crippen MR) is 258 cm³/mol. The van der Waals surface area contributed by atoms with Gasteiger partial charge < -0.3 is 18.3 Å². The normalized spacial score (nSPS) is 11.9. The van der Waals surface area contributed by atoms with Crippen LogP contribution < -0.4 is 4.90 Å². The second-order valence-corrected chi connectivity index (χ2v) is 16.0. The van der Waals surface area contributed by atoms with E-state index in [4.69, 9.17) is 8.83 Å². The van der Waals surface area contributed by atoms with E-state index < -0.39 is 0 Å². The molecule has 0 amide bonds. The summed E-state index contributed by atoms with van der Waals surface area (Å²) in [5.74, 6) is 0. The average molecular weight is 793 g/mol. The molecule has 0 saturated heterocycles. The quantitative estimate of drug-likeness (QED) is 0.168. The summed E-state index contributed by atoms with van der Waals surface area (Å²) in [6.07, 6.45) is 0. The number of hydrogen-bond acceptors (Lipinski definition) is 3. The van der Waals surface area contributed by atoms with Crippen molar-refractivity contribution in [2.45, 2.75) is 0 Å². The first-order valence-corrected chi connectivity index (χ1v) is 21.1. The maximum atomic E-state index is 7.03. The molecule has 0 aliphatic carbocycles. The number of anilines is 3. The van der Waals surface area contributed by atoms with Crippen molar-refractivity contribution in [3.63, 3.8) is 0 Å². The lowest BCUT2D eigenvalue weighted by molar-refractivity contribution is 0.669. The highest BCUT2D eigenvalue weighted by molar-refractivity contribution is 6.16. The molecule has 0 N–H and O–H groups in total. The maximum absolute atomic E-state index is 7.03. The number of benzene rings is 10. The highest BCUT2D eigenvalue weighted by Gasteiger charge is 2.26. The first-order chi connectivity index (χ1) is 30.8. The fourth-order valence-corrected chi connectivity index (χ4v) is 9.86. The third-order valence-electron chi connectivity index (χ3n) is 12.6. The zero-order chi connectivity index (χ0) is 40.7. The van der Waals surface area contributed by atoms with E-state index in [0.717, 1.165) is 105 Å². The number of fused-ring (bicyclic) bond motifs is 10. The molecule has 13 aromatic rings. The standard InChI is InChI=1S/C58H36N2O2/c1-2-17-40-37(15-1)16-13-28-49(40)59(39-33-31-38(32-34-39)41-23-14-24-46-44-20-6-11-29-54(44)61-57(41)46)53-36-35-47-45-21-7-12-30-55(45)62-58(47)56(53)48-22-5-10-27-52(48)60-50-25-8-3-18-42(50)43-19-4-9-26-51(43)60/h1-36H. The van der Waals surface area contributed by atoms with Crippen LogP contribution in [-0.4, -0.2) is 4.57 Å². The van der Waals surface area contributed by atoms with Crippen LogP contribution in [0.4, 0.5) is 17.1 Å². The molecule has 0 bridgehead atoms. The van der Waals surface area contributed by atoms with E-state index in [9.17, 15) is 0 Å². The van der Waals surface area contributed by atoms with Crippen molar-refractivity contribution in [3.05, 3.63) is 218 Å². The van der Waals surface area contributed by atoms with Gasteiger partial charge in [-0.3, -0.25) is 0 Å². The van der Waals surface area contributed by atoms with Gasteiger partial charge in [-0.05, 0) is 71.6 Å². The summed E-state index contributed by atoms with van der Waals surface area (Å²) < 4.78 is 16.0. The van der Waals surface area contributed by atoms with Crippen LogP contribution in [-0.2, 0) is 0 Å². The van der Waals surface area contributed by atoms with Gasteiger partial charge in [0.15, 0.2) is 0 Å². The number of furan rings is 2. The number of para-hydroxylation sites is 6. The Morgan fingerprint density at radius 3 is 1.61 bits per heavy atom. The van der Waals surface area contributed by atoms with E-state index in [0.29, 0.717) is 0 Å². The van der Waals surface area contributed by atoms with Crippen LogP contribution in [0.15, 0.2) is 227 Å². The lowest BCUT2D eigenvalue weighted by atomic mass is 9.96. The zero-order valence-corrected chi connectivity index (χ0v) is 33.5. The summed E-state index contributed by atoms with van der Waals surface area (Å²) in [4.78, 5) is 2.42. The van der Waals surface area contributed by atoms with Crippen molar-refractivity contribution in [2.24, 2.45) is 0 Å². The van der Waals surface area contributed by atoms with E-state index in [-0.39, 0.29) is 0 Å². The van der Waals surface area contributed by atoms with Gasteiger partial charge in [-0.2, -0.15) is 0 Å². The molecule has 10 aromatic carbocycles. The number of nitrogens with zero attached hydrogens (tertiary/aromatic N) is 2. The van der Waals surface area contributed by atoms with Crippen molar-refractivity contribution in [1.29, 1.82) is 0 Å². The highest BCUT2D eigenvalue weighted by atomic mass is 16.3. The first-order valence-electron chi connectivity index (χ1n) is 21.1. The van der Waals surface area contributed by atoms with Crippen molar-refractivity contribution in [2.75, 3.05) is 4.90 Å². The largest absolute Gasteiger partial charge is 0.455 e. The molecule has 0 saturated carbocycles. The molecule has 290 valence electrons. The number of aromatic nitrogens is 1. The minimum absolute atomic E-state index is 0.843. The molecule has 3 aromatic heterocycles. The van der Waals surface area contributed by atoms with Gasteiger partial charge in [0.1, 0.15) is 22.3 Å². The SMILES string of the molecule is c1ccc(-n2c3ccccc3c3ccccc32)c(-c2c(N(c3ccc(-c4cccc5c4oc4ccccc45)cc3)c3cccc4ccccc34)ccc3c2oc2ccccc23)c1. The molecule has 0 aliphatic rings. The van der Waals surface area contributed by atoms with E-state index in [1.54, 1.807) is 0 Å². The highest BCUT2D eigenvalue weighted by Crippen LogP contribution is 2.50. The molecule has 3 heterocycles. The van der Waals surface area contributed by atoms with Crippen LogP contribution in [0, 0.1) is 0 Å². The predicted octanol–water partition coefficient (Wildman–Crippen LogP) is 16.5. The molecule has 4 heteroatoms. The van der Waals surface area contributed by atoms with Crippen molar-refractivity contribution in [1.82, 2.24) is 4.57 Å². The Labute approximate surface area is 356 Å². The second kappa shape index (κ2) is 13.6. The molecule has 0 spiro atoms. The van der Waals surface area contributed by atoms with Crippen molar-refractivity contribution < 1.29 is 8.83 Å². The monoisotopic (exact) mass is 792 g/mol. The van der Waals surface area contributed by atoms with Gasteiger partial charge in [0, 0.05) is 54.5 Å². The van der Waals surface area contributed by atoms with Gasteiger partial charge in [-0.1, -0.05) is 158 Å². The zero-order valence-electron chi connectivity index (χ0n) is 33.5. The lowest BCUT2D eigenvalue weighted by Gasteiger charge is -2.30. The molecule has 13 rings (SSSR count). The fourth-order valence-electron chi connectivity index (χ4n) is 9.86. The summed E-state index contributed by atoms with van der Waals surface area (Å²) in [7, 11) is 0. The number of rotatable bonds is 6. The van der Waals surface area contributed by atoms with Gasteiger partial charge in [-0.25, -0.2) is 0 Å². The summed E-state index contributed by atoms with van der Waals surface area (Å²) in [6, 6.07) is 77.9. The van der Waals surface area contributed by atoms with Crippen LogP contribution in [0.2, 0.25) is 0 Å². The Bertz CT molecular complexity index is 3830. The van der Waals surface area contributed by atoms with Gasteiger partial charge in [-0.15, -0.1) is 0 Å². The summed E-state index contributed by atoms with van der Waals surface area (Å²) in [5.41, 5.74) is 14.2. The fraction of sp³-hybridized carbons (Fsp3) is 0.